The smallest absolute Gasteiger partial charge is 0.187 e. The summed E-state index contributed by atoms with van der Waals surface area (Å²) in [7, 11) is 0. The van der Waals surface area contributed by atoms with Crippen molar-refractivity contribution in [1.29, 1.82) is 0 Å². The van der Waals surface area contributed by atoms with Gasteiger partial charge >= 0.3 is 0 Å². The second kappa shape index (κ2) is 8.23. The van der Waals surface area contributed by atoms with Crippen molar-refractivity contribution in [2.24, 2.45) is 5.10 Å². The SMILES string of the molecule is C/C(=N/NC(=S)NCCN1CCOCC1)c1cc2ccccc2o1. The summed E-state index contributed by atoms with van der Waals surface area (Å²) in [4.78, 5) is 2.35. The Kier molecular flexibility index (Phi) is 5.79. The molecule has 0 aliphatic carbocycles. The largest absolute Gasteiger partial charge is 0.455 e. The summed E-state index contributed by atoms with van der Waals surface area (Å²) < 4.78 is 11.1. The molecule has 0 spiro atoms. The molecule has 1 saturated heterocycles. The molecule has 6 nitrogen and oxygen atoms in total. The van der Waals surface area contributed by atoms with Crippen LogP contribution in [0.25, 0.3) is 11.0 Å². The molecule has 0 atom stereocenters. The third-order valence-electron chi connectivity index (χ3n) is 3.92. The molecule has 1 aliphatic rings. The number of nitrogens with one attached hydrogen (secondary N) is 2. The number of rotatable bonds is 5. The predicted molar refractivity (Wildman–Crippen MR) is 99.4 cm³/mol. The summed E-state index contributed by atoms with van der Waals surface area (Å²) in [6.45, 7) is 7.19. The van der Waals surface area contributed by atoms with Crippen molar-refractivity contribution in [2.75, 3.05) is 39.4 Å². The molecule has 0 saturated carbocycles. The van der Waals surface area contributed by atoms with Crippen molar-refractivity contribution in [3.63, 3.8) is 0 Å². The molecular formula is C17H22N4O2S. The summed E-state index contributed by atoms with van der Waals surface area (Å²) >= 11 is 5.25. The highest BCUT2D eigenvalue weighted by molar-refractivity contribution is 7.80. The molecule has 0 unspecified atom stereocenters. The van der Waals surface area contributed by atoms with Crippen LogP contribution in [0.15, 0.2) is 39.9 Å². The van der Waals surface area contributed by atoms with Crippen LogP contribution in [0.4, 0.5) is 0 Å². The molecule has 2 aromatic rings. The molecular weight excluding hydrogens is 324 g/mol. The van der Waals surface area contributed by atoms with E-state index in [1.165, 1.54) is 0 Å². The summed E-state index contributed by atoms with van der Waals surface area (Å²) in [5.74, 6) is 0.736. The Labute approximate surface area is 146 Å². The van der Waals surface area contributed by atoms with Gasteiger partial charge in [0, 0.05) is 31.6 Å². The summed E-state index contributed by atoms with van der Waals surface area (Å²) in [6, 6.07) is 9.87. The Morgan fingerprint density at radius 3 is 2.88 bits per heavy atom. The normalized spacial score (nSPS) is 16.3. The van der Waals surface area contributed by atoms with Gasteiger partial charge < -0.3 is 14.5 Å². The molecule has 0 bridgehead atoms. The highest BCUT2D eigenvalue weighted by atomic mass is 32.1. The van der Waals surface area contributed by atoms with E-state index in [1.54, 1.807) is 0 Å². The van der Waals surface area contributed by atoms with E-state index >= 15 is 0 Å². The first kappa shape index (κ1) is 16.9. The maximum Gasteiger partial charge on any atom is 0.187 e. The van der Waals surface area contributed by atoms with Gasteiger partial charge in [0.25, 0.3) is 0 Å². The summed E-state index contributed by atoms with van der Waals surface area (Å²) in [5, 5.41) is 9.03. The quantitative estimate of drug-likeness (QED) is 0.490. The van der Waals surface area contributed by atoms with Crippen molar-refractivity contribution in [3.05, 3.63) is 36.1 Å². The topological polar surface area (TPSA) is 62.0 Å². The number of para-hydroxylation sites is 1. The maximum atomic E-state index is 5.77. The molecule has 1 aliphatic heterocycles. The Hall–Kier alpha value is -1.96. The van der Waals surface area contributed by atoms with Crippen LogP contribution in [-0.2, 0) is 4.74 Å². The fourth-order valence-electron chi connectivity index (χ4n) is 2.54. The zero-order valence-corrected chi connectivity index (χ0v) is 14.6. The summed E-state index contributed by atoms with van der Waals surface area (Å²) in [5.41, 5.74) is 4.48. The average Bonchev–Trinajstić information content (AvgIpc) is 3.05. The van der Waals surface area contributed by atoms with E-state index in [1.807, 2.05) is 37.3 Å². The second-order valence-corrected chi connectivity index (χ2v) is 6.08. The van der Waals surface area contributed by atoms with Crippen LogP contribution in [0.1, 0.15) is 12.7 Å². The minimum absolute atomic E-state index is 0.513. The molecule has 2 heterocycles. The Balaban J connectivity index is 1.46. The van der Waals surface area contributed by atoms with E-state index in [4.69, 9.17) is 21.4 Å². The van der Waals surface area contributed by atoms with Crippen molar-refractivity contribution >= 4 is 34.0 Å². The molecule has 2 N–H and O–H groups in total. The predicted octanol–water partition coefficient (Wildman–Crippen LogP) is 1.95. The number of hydrogen-bond donors (Lipinski definition) is 2. The molecule has 7 heteroatoms. The molecule has 0 radical (unpaired) electrons. The van der Waals surface area contributed by atoms with Gasteiger partial charge in [-0.25, -0.2) is 0 Å². The van der Waals surface area contributed by atoms with E-state index in [2.05, 4.69) is 20.7 Å². The first-order valence-corrected chi connectivity index (χ1v) is 8.50. The molecule has 24 heavy (non-hydrogen) atoms. The van der Waals surface area contributed by atoms with Gasteiger partial charge in [-0.3, -0.25) is 10.3 Å². The first-order chi connectivity index (χ1) is 11.7. The standard InChI is InChI=1S/C17H22N4O2S/c1-13(16-12-14-4-2-3-5-15(14)23-16)19-20-17(24)18-6-7-21-8-10-22-11-9-21/h2-5,12H,6-11H2,1H3,(H2,18,20,24)/b19-13-. The minimum Gasteiger partial charge on any atom is -0.455 e. The average molecular weight is 346 g/mol. The maximum absolute atomic E-state index is 5.77. The lowest BCUT2D eigenvalue weighted by Crippen LogP contribution is -2.42. The minimum atomic E-state index is 0.513. The molecule has 1 aromatic carbocycles. The summed E-state index contributed by atoms with van der Waals surface area (Å²) in [6.07, 6.45) is 0. The van der Waals surface area contributed by atoms with Gasteiger partial charge in [0.15, 0.2) is 10.9 Å². The molecule has 3 rings (SSSR count). The number of fused-ring (bicyclic) bond motifs is 1. The molecule has 128 valence electrons. The third kappa shape index (κ3) is 4.53. The number of nitrogens with zero attached hydrogens (tertiary/aromatic N) is 2. The van der Waals surface area contributed by atoms with E-state index in [0.29, 0.717) is 5.11 Å². The van der Waals surface area contributed by atoms with Gasteiger partial charge in [-0.1, -0.05) is 18.2 Å². The number of hydrazone groups is 1. The zero-order chi connectivity index (χ0) is 16.8. The lowest BCUT2D eigenvalue weighted by molar-refractivity contribution is 0.0389. The first-order valence-electron chi connectivity index (χ1n) is 8.09. The van der Waals surface area contributed by atoms with E-state index in [0.717, 1.165) is 61.8 Å². The highest BCUT2D eigenvalue weighted by Gasteiger charge is 2.09. The number of hydrogen-bond acceptors (Lipinski definition) is 5. The zero-order valence-electron chi connectivity index (χ0n) is 13.7. The molecule has 0 amide bonds. The van der Waals surface area contributed by atoms with Crippen molar-refractivity contribution < 1.29 is 9.15 Å². The van der Waals surface area contributed by atoms with Gasteiger partial charge in [-0.15, -0.1) is 0 Å². The van der Waals surface area contributed by atoms with Crippen LogP contribution in [-0.4, -0.2) is 55.1 Å². The monoisotopic (exact) mass is 346 g/mol. The lowest BCUT2D eigenvalue weighted by Gasteiger charge is -2.26. The lowest BCUT2D eigenvalue weighted by atomic mass is 10.2. The number of benzene rings is 1. The van der Waals surface area contributed by atoms with Crippen molar-refractivity contribution in [2.45, 2.75) is 6.92 Å². The number of ether oxygens (including phenoxy) is 1. The van der Waals surface area contributed by atoms with Crippen LogP contribution >= 0.6 is 12.2 Å². The fraction of sp³-hybridized carbons (Fsp3) is 0.412. The van der Waals surface area contributed by atoms with E-state index in [9.17, 15) is 0 Å². The fourth-order valence-corrected chi connectivity index (χ4v) is 2.69. The van der Waals surface area contributed by atoms with Crippen LogP contribution in [0.2, 0.25) is 0 Å². The Bertz CT molecular complexity index is 689. The molecule has 1 fully saturated rings. The van der Waals surface area contributed by atoms with Crippen LogP contribution in [0.3, 0.4) is 0 Å². The van der Waals surface area contributed by atoms with Gasteiger partial charge in [-0.05, 0) is 31.3 Å². The van der Waals surface area contributed by atoms with Crippen LogP contribution < -0.4 is 10.7 Å². The van der Waals surface area contributed by atoms with E-state index < -0.39 is 0 Å². The Morgan fingerprint density at radius 2 is 2.08 bits per heavy atom. The van der Waals surface area contributed by atoms with Crippen LogP contribution in [0.5, 0.6) is 0 Å². The van der Waals surface area contributed by atoms with Gasteiger partial charge in [0.05, 0.1) is 13.2 Å². The number of thiocarbonyl (C=S) groups is 1. The van der Waals surface area contributed by atoms with Gasteiger partial charge in [0.2, 0.25) is 0 Å². The second-order valence-electron chi connectivity index (χ2n) is 5.67. The molecule has 1 aromatic heterocycles. The van der Waals surface area contributed by atoms with Crippen molar-refractivity contribution in [1.82, 2.24) is 15.6 Å². The van der Waals surface area contributed by atoms with E-state index in [-0.39, 0.29) is 0 Å². The third-order valence-corrected chi connectivity index (χ3v) is 4.16. The number of furan rings is 1. The van der Waals surface area contributed by atoms with Gasteiger partial charge in [-0.2, -0.15) is 5.10 Å². The Morgan fingerprint density at radius 1 is 1.29 bits per heavy atom. The number of morpholine rings is 1. The van der Waals surface area contributed by atoms with Crippen LogP contribution in [0, 0.1) is 0 Å². The van der Waals surface area contributed by atoms with Gasteiger partial charge in [0.1, 0.15) is 11.3 Å². The van der Waals surface area contributed by atoms with Crippen molar-refractivity contribution in [3.8, 4) is 0 Å². The highest BCUT2D eigenvalue weighted by Crippen LogP contribution is 2.19.